The zero-order chi connectivity index (χ0) is 13.7. The van der Waals surface area contributed by atoms with Crippen LogP contribution < -0.4 is 10.1 Å². The molecule has 0 fully saturated rings. The molecular formula is C13H13N3O3. The van der Waals surface area contributed by atoms with Crippen LogP contribution in [0.5, 0.6) is 5.75 Å². The molecule has 6 heteroatoms. The summed E-state index contributed by atoms with van der Waals surface area (Å²) in [6, 6.07) is 7.42. The highest BCUT2D eigenvalue weighted by Gasteiger charge is 2.07. The molecule has 0 spiro atoms. The summed E-state index contributed by atoms with van der Waals surface area (Å²) >= 11 is 0. The van der Waals surface area contributed by atoms with E-state index >= 15 is 0 Å². The van der Waals surface area contributed by atoms with Crippen molar-refractivity contribution >= 4 is 17.5 Å². The van der Waals surface area contributed by atoms with Crippen LogP contribution in [0.4, 0.5) is 11.5 Å². The van der Waals surface area contributed by atoms with Crippen molar-refractivity contribution in [1.29, 1.82) is 0 Å². The Labute approximate surface area is 110 Å². The number of aromatic carboxylic acids is 1. The summed E-state index contributed by atoms with van der Waals surface area (Å²) in [7, 11) is 0. The van der Waals surface area contributed by atoms with Gasteiger partial charge in [0.05, 0.1) is 24.7 Å². The molecule has 2 aromatic rings. The zero-order valence-corrected chi connectivity index (χ0v) is 10.3. The molecule has 0 aliphatic rings. The van der Waals surface area contributed by atoms with Crippen LogP contribution in [-0.4, -0.2) is 27.7 Å². The number of hydrogen-bond acceptors (Lipinski definition) is 5. The van der Waals surface area contributed by atoms with Crippen LogP contribution in [0.15, 0.2) is 36.7 Å². The Balaban J connectivity index is 2.19. The van der Waals surface area contributed by atoms with Gasteiger partial charge in [-0.15, -0.1) is 0 Å². The number of ether oxygens (including phenoxy) is 1. The first-order valence-electron chi connectivity index (χ1n) is 5.75. The molecule has 0 amide bonds. The number of anilines is 2. The number of carbonyl (C=O) groups is 1. The molecule has 2 N–H and O–H groups in total. The predicted molar refractivity (Wildman–Crippen MR) is 69.9 cm³/mol. The number of carboxylic acids is 1. The number of nitrogens with one attached hydrogen (secondary N) is 1. The third-order valence-electron chi connectivity index (χ3n) is 2.32. The SMILES string of the molecule is CCOc1ccccc1Nc1cnc(C(=O)O)cn1. The average Bonchev–Trinajstić information content (AvgIpc) is 2.42. The second kappa shape index (κ2) is 5.81. The largest absolute Gasteiger partial charge is 0.492 e. The van der Waals surface area contributed by atoms with E-state index in [-0.39, 0.29) is 5.69 Å². The Morgan fingerprint density at radius 1 is 1.32 bits per heavy atom. The quantitative estimate of drug-likeness (QED) is 0.857. The first kappa shape index (κ1) is 12.8. The fraction of sp³-hybridized carbons (Fsp3) is 0.154. The van der Waals surface area contributed by atoms with Gasteiger partial charge in [0, 0.05) is 0 Å². The molecule has 0 unspecified atom stereocenters. The summed E-state index contributed by atoms with van der Waals surface area (Å²) < 4.78 is 5.47. The Kier molecular flexibility index (Phi) is 3.92. The maximum absolute atomic E-state index is 10.7. The minimum absolute atomic E-state index is 0.0938. The van der Waals surface area contributed by atoms with E-state index in [9.17, 15) is 4.79 Å². The topological polar surface area (TPSA) is 84.3 Å². The fourth-order valence-electron chi connectivity index (χ4n) is 1.49. The maximum atomic E-state index is 10.7. The van der Waals surface area contributed by atoms with Gasteiger partial charge in [-0.3, -0.25) is 0 Å². The third-order valence-corrected chi connectivity index (χ3v) is 2.32. The first-order chi connectivity index (χ1) is 9.20. The van der Waals surface area contributed by atoms with Crippen molar-refractivity contribution in [2.45, 2.75) is 6.92 Å². The van der Waals surface area contributed by atoms with Crippen molar-refractivity contribution in [2.24, 2.45) is 0 Å². The molecule has 6 nitrogen and oxygen atoms in total. The van der Waals surface area contributed by atoms with E-state index in [0.29, 0.717) is 18.2 Å². The summed E-state index contributed by atoms with van der Waals surface area (Å²) in [5.41, 5.74) is 0.658. The molecule has 1 aromatic carbocycles. The standard InChI is InChI=1S/C13H13N3O3/c1-2-19-11-6-4-3-5-9(11)16-12-8-14-10(7-15-12)13(17)18/h3-8H,2H2,1H3,(H,15,16)(H,17,18). The molecule has 0 saturated carbocycles. The molecule has 0 radical (unpaired) electrons. The minimum atomic E-state index is -1.10. The smallest absolute Gasteiger partial charge is 0.356 e. The molecule has 0 aliphatic heterocycles. The van der Waals surface area contributed by atoms with Crippen LogP contribution in [0.25, 0.3) is 0 Å². The van der Waals surface area contributed by atoms with E-state index in [0.717, 1.165) is 5.69 Å². The molecule has 0 saturated heterocycles. The monoisotopic (exact) mass is 259 g/mol. The molecule has 1 heterocycles. The lowest BCUT2D eigenvalue weighted by Crippen LogP contribution is -2.03. The minimum Gasteiger partial charge on any atom is -0.492 e. The lowest BCUT2D eigenvalue weighted by atomic mass is 10.3. The number of para-hydroxylation sites is 2. The number of aromatic nitrogens is 2. The van der Waals surface area contributed by atoms with Gasteiger partial charge >= 0.3 is 5.97 Å². The van der Waals surface area contributed by atoms with Crippen LogP contribution in [0, 0.1) is 0 Å². The molecule has 98 valence electrons. The molecule has 2 rings (SSSR count). The number of rotatable bonds is 5. The van der Waals surface area contributed by atoms with Crippen LogP contribution in [0.2, 0.25) is 0 Å². The summed E-state index contributed by atoms with van der Waals surface area (Å²) in [6.45, 7) is 2.46. The molecule has 0 bridgehead atoms. The molecule has 0 atom stereocenters. The summed E-state index contributed by atoms with van der Waals surface area (Å²) in [5, 5.41) is 11.8. The second-order valence-corrected chi connectivity index (χ2v) is 3.65. The second-order valence-electron chi connectivity index (χ2n) is 3.65. The first-order valence-corrected chi connectivity index (χ1v) is 5.75. The Hall–Kier alpha value is -2.63. The van der Waals surface area contributed by atoms with Gasteiger partial charge in [0.1, 0.15) is 11.6 Å². The van der Waals surface area contributed by atoms with Gasteiger partial charge in [-0.1, -0.05) is 12.1 Å². The van der Waals surface area contributed by atoms with Gasteiger partial charge in [0.15, 0.2) is 5.69 Å². The number of carboxylic acid groups (broad SMARTS) is 1. The fourth-order valence-corrected chi connectivity index (χ4v) is 1.49. The van der Waals surface area contributed by atoms with Gasteiger partial charge in [-0.2, -0.15) is 0 Å². The lowest BCUT2D eigenvalue weighted by molar-refractivity contribution is 0.0690. The summed E-state index contributed by atoms with van der Waals surface area (Å²) in [4.78, 5) is 18.4. The van der Waals surface area contributed by atoms with Crippen molar-refractivity contribution in [3.05, 3.63) is 42.4 Å². The van der Waals surface area contributed by atoms with Crippen LogP contribution >= 0.6 is 0 Å². The lowest BCUT2D eigenvalue weighted by Gasteiger charge is -2.11. The van der Waals surface area contributed by atoms with E-state index in [1.807, 2.05) is 31.2 Å². The van der Waals surface area contributed by atoms with Crippen molar-refractivity contribution < 1.29 is 14.6 Å². The molecule has 19 heavy (non-hydrogen) atoms. The maximum Gasteiger partial charge on any atom is 0.356 e. The van der Waals surface area contributed by atoms with E-state index in [2.05, 4.69) is 15.3 Å². The van der Waals surface area contributed by atoms with Gasteiger partial charge < -0.3 is 15.2 Å². The highest BCUT2D eigenvalue weighted by Crippen LogP contribution is 2.26. The zero-order valence-electron chi connectivity index (χ0n) is 10.3. The van der Waals surface area contributed by atoms with Gasteiger partial charge in [-0.25, -0.2) is 14.8 Å². The van der Waals surface area contributed by atoms with E-state index in [1.54, 1.807) is 0 Å². The van der Waals surface area contributed by atoms with E-state index < -0.39 is 5.97 Å². The molecule has 0 aliphatic carbocycles. The number of nitrogens with zero attached hydrogens (tertiary/aromatic N) is 2. The van der Waals surface area contributed by atoms with Crippen molar-refractivity contribution in [3.8, 4) is 5.75 Å². The van der Waals surface area contributed by atoms with Crippen LogP contribution in [-0.2, 0) is 0 Å². The van der Waals surface area contributed by atoms with E-state index in [4.69, 9.17) is 9.84 Å². The number of benzene rings is 1. The van der Waals surface area contributed by atoms with Gasteiger partial charge in [-0.05, 0) is 19.1 Å². The highest BCUT2D eigenvalue weighted by molar-refractivity contribution is 5.85. The van der Waals surface area contributed by atoms with Crippen molar-refractivity contribution in [2.75, 3.05) is 11.9 Å². The Morgan fingerprint density at radius 2 is 2.11 bits per heavy atom. The average molecular weight is 259 g/mol. The predicted octanol–water partition coefficient (Wildman–Crippen LogP) is 2.32. The summed E-state index contributed by atoms with van der Waals surface area (Å²) in [6.07, 6.45) is 2.57. The molecule has 1 aromatic heterocycles. The summed E-state index contributed by atoms with van der Waals surface area (Å²) in [5.74, 6) is 0.0556. The normalized spacial score (nSPS) is 9.95. The van der Waals surface area contributed by atoms with Gasteiger partial charge in [0.2, 0.25) is 0 Å². The van der Waals surface area contributed by atoms with Crippen LogP contribution in [0.3, 0.4) is 0 Å². The molecular weight excluding hydrogens is 246 g/mol. The van der Waals surface area contributed by atoms with E-state index in [1.165, 1.54) is 12.4 Å². The number of hydrogen-bond donors (Lipinski definition) is 2. The van der Waals surface area contributed by atoms with Crippen molar-refractivity contribution in [1.82, 2.24) is 9.97 Å². The van der Waals surface area contributed by atoms with Gasteiger partial charge in [0.25, 0.3) is 0 Å². The van der Waals surface area contributed by atoms with Crippen LogP contribution in [0.1, 0.15) is 17.4 Å². The Bertz CT molecular complexity index is 570. The van der Waals surface area contributed by atoms with Crippen molar-refractivity contribution in [3.63, 3.8) is 0 Å². The third kappa shape index (κ3) is 3.19. The Morgan fingerprint density at radius 3 is 2.74 bits per heavy atom. The highest BCUT2D eigenvalue weighted by atomic mass is 16.5.